The topological polar surface area (TPSA) is 83.1 Å². The fraction of sp³-hybridized carbons (Fsp3) is 0.200. The molecule has 0 unspecified atom stereocenters. The number of furan rings is 1. The number of nitrogens with one attached hydrogen (secondary N) is 1. The summed E-state index contributed by atoms with van der Waals surface area (Å²) in [5, 5.41) is 5.76. The molecule has 0 aliphatic carbocycles. The second-order valence-corrected chi connectivity index (χ2v) is 9.13. The van der Waals surface area contributed by atoms with Gasteiger partial charge in [-0.25, -0.2) is 4.90 Å². The zero-order valence-corrected chi connectivity index (χ0v) is 20.4. The normalized spacial score (nSPS) is 14.6. The Balaban J connectivity index is 1.75. The van der Waals surface area contributed by atoms with E-state index in [0.29, 0.717) is 38.6 Å². The van der Waals surface area contributed by atoms with Crippen molar-refractivity contribution in [3.8, 4) is 22.6 Å². The van der Waals surface area contributed by atoms with Gasteiger partial charge in [0.15, 0.2) is 5.76 Å². The van der Waals surface area contributed by atoms with Crippen LogP contribution in [0, 0.1) is 6.92 Å². The van der Waals surface area contributed by atoms with E-state index in [9.17, 15) is 9.59 Å². The summed E-state index contributed by atoms with van der Waals surface area (Å²) in [6, 6.07) is 16.7. The molecule has 5 rings (SSSR count). The number of anilines is 1. The molecule has 2 aromatic heterocycles. The van der Waals surface area contributed by atoms with Gasteiger partial charge < -0.3 is 4.42 Å². The van der Waals surface area contributed by atoms with Crippen molar-refractivity contribution in [3.05, 3.63) is 81.3 Å². The van der Waals surface area contributed by atoms with Gasteiger partial charge in [-0.2, -0.15) is 0 Å². The Bertz CT molecular complexity index is 1480. The van der Waals surface area contributed by atoms with Crippen LogP contribution in [0.5, 0.6) is 0 Å². The first-order chi connectivity index (χ1) is 16.4. The van der Waals surface area contributed by atoms with Gasteiger partial charge in [0.25, 0.3) is 0 Å². The fourth-order valence-electron chi connectivity index (χ4n) is 4.15. The number of para-hydroxylation sites is 1. The first kappa shape index (κ1) is 22.4. The van der Waals surface area contributed by atoms with Gasteiger partial charge in [0.05, 0.1) is 11.3 Å². The minimum absolute atomic E-state index is 0.111. The Morgan fingerprint density at radius 2 is 2.03 bits per heavy atom. The summed E-state index contributed by atoms with van der Waals surface area (Å²) in [6.07, 6.45) is 1.35. The molecule has 4 aromatic rings. The standard InChI is InChI=1S/C25H21ClN4O3S/c1-4-21(31)29-18-8-6-5-7-16(18)22-23(32)27-25(34-3)28-30(22)24(29)20-12-11-19(33-20)15-10-9-14(2)17(26)13-15/h5-13,24H,4H2,1-3H3/p+1/t24-/m0/s1. The third-order valence-electron chi connectivity index (χ3n) is 5.86. The molecule has 7 nitrogen and oxygen atoms in total. The average molecular weight is 494 g/mol. The molecule has 1 aliphatic rings. The molecule has 172 valence electrons. The number of hydrogen-bond donors (Lipinski definition) is 1. The lowest BCUT2D eigenvalue weighted by molar-refractivity contribution is -0.764. The first-order valence-electron chi connectivity index (χ1n) is 10.8. The second-order valence-electron chi connectivity index (χ2n) is 7.93. The third-order valence-corrected chi connectivity index (χ3v) is 6.84. The smallest absolute Gasteiger partial charge is 0.325 e. The van der Waals surface area contributed by atoms with Gasteiger partial charge in [-0.1, -0.05) is 54.6 Å². The maximum absolute atomic E-state index is 13.3. The summed E-state index contributed by atoms with van der Waals surface area (Å²) < 4.78 is 7.87. The highest BCUT2D eigenvalue weighted by atomic mass is 35.5. The van der Waals surface area contributed by atoms with Crippen LogP contribution in [0.15, 0.2) is 69.0 Å². The molecule has 1 aliphatic heterocycles. The van der Waals surface area contributed by atoms with E-state index in [2.05, 4.69) is 10.1 Å². The van der Waals surface area contributed by atoms with Crippen LogP contribution in [0.1, 0.15) is 30.8 Å². The number of aromatic amines is 1. The average Bonchev–Trinajstić information content (AvgIpc) is 3.33. The highest BCUT2D eigenvalue weighted by Crippen LogP contribution is 2.39. The maximum atomic E-state index is 13.3. The third kappa shape index (κ3) is 3.63. The Morgan fingerprint density at radius 3 is 2.76 bits per heavy atom. The Morgan fingerprint density at radius 1 is 1.24 bits per heavy atom. The van der Waals surface area contributed by atoms with Crippen LogP contribution in [0.25, 0.3) is 22.6 Å². The Hall–Kier alpha value is -3.36. The van der Waals surface area contributed by atoms with Crippen LogP contribution in [0.4, 0.5) is 5.69 Å². The number of H-pyrrole nitrogens is 1. The molecule has 0 fully saturated rings. The molecule has 0 saturated carbocycles. The highest BCUT2D eigenvalue weighted by Gasteiger charge is 2.47. The lowest BCUT2D eigenvalue weighted by atomic mass is 10.0. The number of fused-ring (bicyclic) bond motifs is 3. The van der Waals surface area contributed by atoms with Gasteiger partial charge >= 0.3 is 17.4 Å². The van der Waals surface area contributed by atoms with Gasteiger partial charge in [-0.3, -0.25) is 14.6 Å². The zero-order valence-electron chi connectivity index (χ0n) is 18.8. The van der Waals surface area contributed by atoms with Crippen LogP contribution in [-0.4, -0.2) is 22.2 Å². The van der Waals surface area contributed by atoms with Crippen molar-refractivity contribution in [1.82, 2.24) is 10.1 Å². The molecule has 2 aromatic carbocycles. The molecule has 1 N–H and O–H groups in total. The fourth-order valence-corrected chi connectivity index (χ4v) is 4.70. The minimum Gasteiger partial charge on any atom is -0.452 e. The van der Waals surface area contributed by atoms with Crippen LogP contribution in [0.3, 0.4) is 0 Å². The van der Waals surface area contributed by atoms with Crippen molar-refractivity contribution in [2.24, 2.45) is 0 Å². The van der Waals surface area contributed by atoms with Gasteiger partial charge in [0.2, 0.25) is 11.1 Å². The number of carbonyl (C=O) groups is 1. The lowest BCUT2D eigenvalue weighted by Crippen LogP contribution is -2.60. The molecular formula is C25H22ClN4O3S+. The highest BCUT2D eigenvalue weighted by molar-refractivity contribution is 7.98. The quantitative estimate of drug-likeness (QED) is 0.320. The van der Waals surface area contributed by atoms with Crippen LogP contribution >= 0.6 is 23.4 Å². The monoisotopic (exact) mass is 493 g/mol. The number of aryl methyl sites for hydroxylation is 1. The summed E-state index contributed by atoms with van der Waals surface area (Å²) in [4.78, 5) is 30.9. The van der Waals surface area contributed by atoms with Gasteiger partial charge in [0.1, 0.15) is 5.76 Å². The molecule has 9 heteroatoms. The van der Waals surface area contributed by atoms with Crippen molar-refractivity contribution < 1.29 is 13.9 Å². The van der Waals surface area contributed by atoms with Gasteiger partial charge in [-0.15, -0.1) is 0 Å². The van der Waals surface area contributed by atoms with Crippen LogP contribution in [0.2, 0.25) is 5.02 Å². The summed E-state index contributed by atoms with van der Waals surface area (Å²) in [5.74, 6) is 0.982. The number of aromatic nitrogens is 3. The summed E-state index contributed by atoms with van der Waals surface area (Å²) in [6.45, 7) is 3.75. The Labute approximate surface area is 205 Å². The van der Waals surface area contributed by atoms with Crippen molar-refractivity contribution >= 4 is 35.0 Å². The molecule has 0 bridgehead atoms. The number of hydrogen-bond acceptors (Lipinski definition) is 5. The lowest BCUT2D eigenvalue weighted by Gasteiger charge is -2.30. The molecule has 1 atom stereocenters. The summed E-state index contributed by atoms with van der Waals surface area (Å²) >= 11 is 7.65. The van der Waals surface area contributed by atoms with E-state index in [1.165, 1.54) is 11.8 Å². The van der Waals surface area contributed by atoms with Crippen molar-refractivity contribution in [2.45, 2.75) is 31.6 Å². The predicted octanol–water partition coefficient (Wildman–Crippen LogP) is 4.97. The predicted molar refractivity (Wildman–Crippen MR) is 132 cm³/mol. The van der Waals surface area contributed by atoms with E-state index < -0.39 is 6.17 Å². The van der Waals surface area contributed by atoms with E-state index >= 15 is 0 Å². The van der Waals surface area contributed by atoms with E-state index in [-0.39, 0.29) is 17.9 Å². The van der Waals surface area contributed by atoms with Crippen LogP contribution < -0.4 is 15.1 Å². The largest absolute Gasteiger partial charge is 0.452 e. The van der Waals surface area contributed by atoms with E-state index in [0.717, 1.165) is 11.1 Å². The Kier molecular flexibility index (Phi) is 5.79. The van der Waals surface area contributed by atoms with Crippen molar-refractivity contribution in [2.75, 3.05) is 11.2 Å². The number of rotatable bonds is 4. The van der Waals surface area contributed by atoms with Crippen LogP contribution in [-0.2, 0) is 4.79 Å². The van der Waals surface area contributed by atoms with E-state index in [4.69, 9.17) is 16.0 Å². The number of benzene rings is 2. The van der Waals surface area contributed by atoms with Gasteiger partial charge in [0, 0.05) is 22.1 Å². The zero-order chi connectivity index (χ0) is 24.0. The first-order valence-corrected chi connectivity index (χ1v) is 12.4. The van der Waals surface area contributed by atoms with E-state index in [1.54, 1.807) is 9.58 Å². The summed E-state index contributed by atoms with van der Waals surface area (Å²) in [5.41, 5.74) is 3.16. The van der Waals surface area contributed by atoms with E-state index in [1.807, 2.05) is 74.7 Å². The van der Waals surface area contributed by atoms with Crippen molar-refractivity contribution in [3.63, 3.8) is 0 Å². The number of amides is 1. The summed E-state index contributed by atoms with van der Waals surface area (Å²) in [7, 11) is 0. The molecular weight excluding hydrogens is 472 g/mol. The van der Waals surface area contributed by atoms with Gasteiger partial charge in [-0.05, 0) is 53.8 Å². The number of thioether (sulfide) groups is 1. The molecule has 1 amide bonds. The SMILES string of the molecule is CCC(=O)N1c2ccccc2-c2c(=O)[nH]c(SC)n[n+]2[C@H]1c1ccc(-c2ccc(C)c(Cl)c2)o1. The number of carbonyl (C=O) groups excluding carboxylic acids is 1. The number of halogens is 1. The molecule has 0 saturated heterocycles. The minimum atomic E-state index is -0.764. The van der Waals surface area contributed by atoms with Crippen molar-refractivity contribution in [1.29, 1.82) is 0 Å². The second kappa shape index (κ2) is 8.77. The molecule has 0 radical (unpaired) electrons. The maximum Gasteiger partial charge on any atom is 0.325 e. The number of nitrogens with zero attached hydrogens (tertiary/aromatic N) is 3. The molecule has 0 spiro atoms. The molecule has 3 heterocycles. The molecule has 34 heavy (non-hydrogen) atoms.